The Bertz CT molecular complexity index is 1600. The molecule has 0 atom stereocenters. The lowest BCUT2D eigenvalue weighted by Gasteiger charge is -2.38. The summed E-state index contributed by atoms with van der Waals surface area (Å²) in [6.07, 6.45) is 1.92. The molecule has 0 bridgehead atoms. The molecule has 0 radical (unpaired) electrons. The number of nitrogens with zero attached hydrogens (tertiary/aromatic N) is 3. The molecule has 4 aromatic rings. The van der Waals surface area contributed by atoms with Crippen molar-refractivity contribution in [2.24, 2.45) is 5.73 Å². The number of piperidine rings is 1. The molecule has 3 N–H and O–H groups in total. The lowest BCUT2D eigenvalue weighted by atomic mass is 9.96. The number of anilines is 1. The number of carbonyl (C=O) groups excluding carboxylic acids is 1. The summed E-state index contributed by atoms with van der Waals surface area (Å²) < 4.78 is 19.8. The number of hydrogen-bond donors (Lipinski definition) is 2. The van der Waals surface area contributed by atoms with E-state index in [-0.39, 0.29) is 5.56 Å². The molecule has 10 heteroatoms. The van der Waals surface area contributed by atoms with Crippen LogP contribution in [0.1, 0.15) is 28.8 Å². The van der Waals surface area contributed by atoms with E-state index in [1.54, 1.807) is 12.1 Å². The van der Waals surface area contributed by atoms with Gasteiger partial charge in [0.1, 0.15) is 11.5 Å². The molecule has 40 heavy (non-hydrogen) atoms. The van der Waals surface area contributed by atoms with Gasteiger partial charge in [-0.1, -0.05) is 23.2 Å². The van der Waals surface area contributed by atoms with Crippen molar-refractivity contribution in [3.8, 4) is 22.4 Å². The van der Waals surface area contributed by atoms with Crippen LogP contribution in [0.3, 0.4) is 0 Å². The van der Waals surface area contributed by atoms with E-state index in [0.29, 0.717) is 44.5 Å². The van der Waals surface area contributed by atoms with Gasteiger partial charge in [-0.3, -0.25) is 4.79 Å². The second-order valence-corrected chi connectivity index (χ2v) is 11.4. The maximum absolute atomic E-state index is 14.5. The Hall–Kier alpha value is -3.30. The van der Waals surface area contributed by atoms with Crippen molar-refractivity contribution < 1.29 is 13.9 Å². The first-order valence-corrected chi connectivity index (χ1v) is 14.0. The van der Waals surface area contributed by atoms with Crippen molar-refractivity contribution in [1.29, 1.82) is 0 Å². The number of benzene rings is 3. The van der Waals surface area contributed by atoms with Crippen LogP contribution in [0.15, 0.2) is 48.5 Å². The zero-order chi connectivity index (χ0) is 28.0. The highest BCUT2D eigenvalue weighted by Gasteiger charge is 2.28. The van der Waals surface area contributed by atoms with Gasteiger partial charge in [-0.2, -0.15) is 0 Å². The molecule has 1 aromatic heterocycles. The van der Waals surface area contributed by atoms with E-state index >= 15 is 0 Å². The van der Waals surface area contributed by atoms with Gasteiger partial charge in [0, 0.05) is 46.2 Å². The van der Waals surface area contributed by atoms with E-state index in [0.717, 1.165) is 67.4 Å². The predicted molar refractivity (Wildman–Crippen MR) is 157 cm³/mol. The first kappa shape index (κ1) is 26.9. The van der Waals surface area contributed by atoms with E-state index in [9.17, 15) is 9.18 Å². The second kappa shape index (κ2) is 10.9. The van der Waals surface area contributed by atoms with E-state index in [2.05, 4.69) is 20.4 Å². The molecule has 0 saturated carbocycles. The van der Waals surface area contributed by atoms with Crippen LogP contribution >= 0.6 is 23.2 Å². The third-order valence-corrected chi connectivity index (χ3v) is 8.08. The van der Waals surface area contributed by atoms with Crippen molar-refractivity contribution >= 4 is 45.7 Å². The van der Waals surface area contributed by atoms with Gasteiger partial charge in [-0.25, -0.2) is 4.39 Å². The van der Waals surface area contributed by atoms with Crippen molar-refractivity contribution in [3.63, 3.8) is 0 Å². The number of amides is 1. The van der Waals surface area contributed by atoms with Crippen molar-refractivity contribution in [2.45, 2.75) is 31.8 Å². The summed E-state index contributed by atoms with van der Waals surface area (Å²) >= 11 is 13.1. The lowest BCUT2D eigenvalue weighted by Crippen LogP contribution is -2.53. The molecule has 0 aliphatic carbocycles. The number of rotatable bonds is 6. The Balaban J connectivity index is 1.49. The van der Waals surface area contributed by atoms with Gasteiger partial charge in [0.15, 0.2) is 0 Å². The van der Waals surface area contributed by atoms with Gasteiger partial charge in [0.05, 0.1) is 35.5 Å². The van der Waals surface area contributed by atoms with Gasteiger partial charge in [-0.15, -0.1) is 10.2 Å². The van der Waals surface area contributed by atoms with Crippen LogP contribution in [0, 0.1) is 12.7 Å². The molecule has 2 fully saturated rings. The molecule has 2 aliphatic rings. The van der Waals surface area contributed by atoms with Crippen LogP contribution in [-0.4, -0.2) is 54.5 Å². The number of fused-ring (bicyclic) bond motifs is 1. The minimum absolute atomic E-state index is 0.0702. The van der Waals surface area contributed by atoms with Crippen LogP contribution in [0.5, 0.6) is 0 Å². The monoisotopic (exact) mass is 579 g/mol. The quantitative estimate of drug-likeness (QED) is 0.301. The smallest absolute Gasteiger partial charge is 0.248 e. The highest BCUT2D eigenvalue weighted by molar-refractivity contribution is 6.34. The molecule has 3 heterocycles. The topological polar surface area (TPSA) is 93.4 Å². The second-order valence-electron chi connectivity index (χ2n) is 10.5. The van der Waals surface area contributed by atoms with Gasteiger partial charge in [0.25, 0.3) is 0 Å². The molecule has 0 unspecified atom stereocenters. The van der Waals surface area contributed by atoms with Crippen molar-refractivity contribution in [3.05, 3.63) is 75.5 Å². The number of ether oxygens (including phenoxy) is 1. The van der Waals surface area contributed by atoms with E-state index in [1.807, 2.05) is 31.2 Å². The molecule has 2 saturated heterocycles. The van der Waals surface area contributed by atoms with Crippen LogP contribution in [0.4, 0.5) is 10.1 Å². The molecule has 1 amide bonds. The molecular weight excluding hydrogens is 552 g/mol. The van der Waals surface area contributed by atoms with Gasteiger partial charge < -0.3 is 20.7 Å². The highest BCUT2D eigenvalue weighted by Crippen LogP contribution is 2.41. The van der Waals surface area contributed by atoms with Gasteiger partial charge >= 0.3 is 0 Å². The lowest BCUT2D eigenvalue weighted by molar-refractivity contribution is -0.0111. The molecule has 6 rings (SSSR count). The molecule has 2 aliphatic heterocycles. The van der Waals surface area contributed by atoms with E-state index < -0.39 is 11.7 Å². The minimum Gasteiger partial charge on any atom is -0.378 e. The molecule has 3 aromatic carbocycles. The Labute approximate surface area is 241 Å². The minimum atomic E-state index is -0.715. The standard InChI is InChI=1S/C30H28Cl2FN5O2/c1-16-6-18(9-20(31)7-16)28-29(38-4-2-22(3-5-38)35-23-14-40-15-23)25-12-24(26(32)13-27(25)36-37-28)17-8-19(30(34)39)11-21(33)10-17/h6-13,22-23,35H,2-5,14-15H2,1H3,(H2,34,39). The van der Waals surface area contributed by atoms with E-state index in [1.165, 1.54) is 6.07 Å². The van der Waals surface area contributed by atoms with E-state index in [4.69, 9.17) is 33.7 Å². The average Bonchev–Trinajstić information content (AvgIpc) is 2.89. The zero-order valence-electron chi connectivity index (χ0n) is 21.9. The van der Waals surface area contributed by atoms with Gasteiger partial charge in [0.2, 0.25) is 5.91 Å². The molecule has 0 spiro atoms. The number of aryl methyl sites for hydroxylation is 1. The Morgan fingerprint density at radius 3 is 2.45 bits per heavy atom. The van der Waals surface area contributed by atoms with Crippen LogP contribution in [0.25, 0.3) is 33.3 Å². The number of halogens is 3. The largest absolute Gasteiger partial charge is 0.378 e. The highest BCUT2D eigenvalue weighted by atomic mass is 35.5. The third-order valence-electron chi connectivity index (χ3n) is 7.55. The fourth-order valence-corrected chi connectivity index (χ4v) is 6.10. The average molecular weight is 580 g/mol. The fourth-order valence-electron chi connectivity index (χ4n) is 5.55. The van der Waals surface area contributed by atoms with Crippen LogP contribution < -0.4 is 16.0 Å². The third kappa shape index (κ3) is 5.37. The SMILES string of the molecule is Cc1cc(Cl)cc(-c2nnc3cc(Cl)c(-c4cc(F)cc(C(N)=O)c4)cc3c2N2CCC(NC3COC3)CC2)c1. The maximum atomic E-state index is 14.5. The Kier molecular flexibility index (Phi) is 7.35. The first-order valence-electron chi connectivity index (χ1n) is 13.2. The number of aromatic nitrogens is 2. The summed E-state index contributed by atoms with van der Waals surface area (Å²) in [6, 6.07) is 14.3. The molecule has 7 nitrogen and oxygen atoms in total. The van der Waals surface area contributed by atoms with Crippen molar-refractivity contribution in [1.82, 2.24) is 15.5 Å². The summed E-state index contributed by atoms with van der Waals surface area (Å²) in [5.74, 6) is -1.29. The zero-order valence-corrected chi connectivity index (χ0v) is 23.4. The number of carbonyl (C=O) groups is 1. The fraction of sp³-hybridized carbons (Fsp3) is 0.300. The van der Waals surface area contributed by atoms with Gasteiger partial charge in [-0.05, 0) is 79.4 Å². The molecular formula is C30H28Cl2FN5O2. The van der Waals surface area contributed by atoms with Crippen molar-refractivity contribution in [2.75, 3.05) is 31.2 Å². The number of nitrogens with one attached hydrogen (secondary N) is 1. The molecule has 206 valence electrons. The number of hydrogen-bond acceptors (Lipinski definition) is 6. The normalized spacial score (nSPS) is 16.4. The van der Waals surface area contributed by atoms with Crippen LogP contribution in [-0.2, 0) is 4.74 Å². The summed E-state index contributed by atoms with van der Waals surface area (Å²) in [4.78, 5) is 14.2. The Morgan fingerprint density at radius 1 is 1.00 bits per heavy atom. The van der Waals surface area contributed by atoms with Crippen LogP contribution in [0.2, 0.25) is 10.0 Å². The Morgan fingerprint density at radius 2 is 1.77 bits per heavy atom. The predicted octanol–water partition coefficient (Wildman–Crippen LogP) is 5.77. The summed E-state index contributed by atoms with van der Waals surface area (Å²) in [5.41, 5.74) is 10.7. The maximum Gasteiger partial charge on any atom is 0.248 e. The summed E-state index contributed by atoms with van der Waals surface area (Å²) in [5, 5.41) is 14.7. The summed E-state index contributed by atoms with van der Waals surface area (Å²) in [6.45, 7) is 5.13. The number of nitrogens with two attached hydrogens (primary N) is 1. The number of primary amides is 1. The first-order chi connectivity index (χ1) is 19.2. The summed E-state index contributed by atoms with van der Waals surface area (Å²) in [7, 11) is 0.